The molecule has 10 nitrogen and oxygen atoms in total. The molecule has 166 valence electrons. The number of aromatic nitrogens is 2. The third kappa shape index (κ3) is 3.68. The van der Waals surface area contributed by atoms with Crippen LogP contribution in [0.15, 0.2) is 35.3 Å². The topological polar surface area (TPSA) is 132 Å². The molecule has 1 amide bonds. The molecule has 31 heavy (non-hydrogen) atoms. The average Bonchev–Trinajstić information content (AvgIpc) is 3.13. The van der Waals surface area contributed by atoms with Crippen molar-refractivity contribution >= 4 is 11.7 Å². The summed E-state index contributed by atoms with van der Waals surface area (Å²) >= 11 is 0. The van der Waals surface area contributed by atoms with Gasteiger partial charge in [-0.1, -0.05) is 0 Å². The third-order valence-electron chi connectivity index (χ3n) is 4.55. The van der Waals surface area contributed by atoms with Crippen LogP contribution in [-0.2, 0) is 4.74 Å². The molecule has 1 fully saturated rings. The van der Waals surface area contributed by atoms with Crippen molar-refractivity contribution in [1.29, 1.82) is 0 Å². The quantitative estimate of drug-likeness (QED) is 0.584. The maximum Gasteiger partial charge on any atom is 0.586 e. The molecule has 3 heterocycles. The van der Waals surface area contributed by atoms with Gasteiger partial charge in [0.05, 0.1) is 6.61 Å². The minimum atomic E-state index is -3.89. The summed E-state index contributed by atoms with van der Waals surface area (Å²) in [6.45, 7) is -0.898. The van der Waals surface area contributed by atoms with Crippen LogP contribution in [0, 0.1) is 0 Å². The highest BCUT2D eigenvalue weighted by atomic mass is 19.3. The number of hydrogen-bond acceptors (Lipinski definition) is 8. The first-order valence-corrected chi connectivity index (χ1v) is 8.64. The number of anilines is 1. The van der Waals surface area contributed by atoms with E-state index in [0.29, 0.717) is 4.57 Å². The lowest BCUT2D eigenvalue weighted by Gasteiger charge is -2.21. The minimum absolute atomic E-state index is 0.134. The Hall–Kier alpha value is -3.23. The number of aliphatic hydroxyl groups excluding tert-OH is 2. The molecule has 2 aliphatic heterocycles. The zero-order valence-electron chi connectivity index (χ0n) is 15.2. The van der Waals surface area contributed by atoms with Crippen molar-refractivity contribution in [2.75, 3.05) is 11.9 Å². The number of nitrogens with zero attached hydrogens (tertiary/aromatic N) is 2. The smallest absolute Gasteiger partial charge is 0.395 e. The van der Waals surface area contributed by atoms with Gasteiger partial charge in [0.2, 0.25) is 6.23 Å². The Morgan fingerprint density at radius 1 is 1.19 bits per heavy atom. The highest BCUT2D eigenvalue weighted by Gasteiger charge is 2.59. The summed E-state index contributed by atoms with van der Waals surface area (Å²) in [5.74, 6) is -5.72. The number of fused-ring (bicyclic) bond motifs is 1. The standard InChI is InChI=1S/C17H13F4N3O7/c18-16(19)12(26)10(6-25)29-14(16)24-4-3-11(23-15(24)28)22-13(27)7-1-2-8-9(5-7)31-17(20,21)30-8/h1-5,10,12,14,25-26H,6H2,(H,22,23,27,28)/t10-,12?,14-/m1/s1. The van der Waals surface area contributed by atoms with Crippen LogP contribution in [0.1, 0.15) is 16.6 Å². The minimum Gasteiger partial charge on any atom is -0.395 e. The van der Waals surface area contributed by atoms with Crippen molar-refractivity contribution < 1.29 is 46.8 Å². The normalized spacial score (nSPS) is 25.4. The molecular formula is C17H13F4N3O7. The highest BCUT2D eigenvalue weighted by molar-refractivity contribution is 6.04. The van der Waals surface area contributed by atoms with Gasteiger partial charge in [-0.15, -0.1) is 8.78 Å². The van der Waals surface area contributed by atoms with E-state index in [1.807, 2.05) is 0 Å². The van der Waals surface area contributed by atoms with Crippen LogP contribution in [-0.4, -0.2) is 56.7 Å². The lowest BCUT2D eigenvalue weighted by atomic mass is 10.1. The van der Waals surface area contributed by atoms with Crippen molar-refractivity contribution in [3.63, 3.8) is 0 Å². The van der Waals surface area contributed by atoms with E-state index in [2.05, 4.69) is 19.8 Å². The number of benzene rings is 1. The first-order valence-electron chi connectivity index (χ1n) is 8.64. The molecule has 1 aromatic heterocycles. The molecular weight excluding hydrogens is 434 g/mol. The first-order chi connectivity index (χ1) is 14.5. The second-order valence-corrected chi connectivity index (χ2v) is 6.61. The third-order valence-corrected chi connectivity index (χ3v) is 4.55. The van der Waals surface area contributed by atoms with E-state index in [-0.39, 0.29) is 22.9 Å². The van der Waals surface area contributed by atoms with E-state index in [0.717, 1.165) is 30.5 Å². The number of amides is 1. The van der Waals surface area contributed by atoms with Crippen molar-refractivity contribution in [3.8, 4) is 11.5 Å². The van der Waals surface area contributed by atoms with Crippen LogP contribution in [0.2, 0.25) is 0 Å². The van der Waals surface area contributed by atoms with Gasteiger partial charge in [-0.25, -0.2) is 4.79 Å². The molecule has 3 atom stereocenters. The summed E-state index contributed by atoms with van der Waals surface area (Å²) in [6, 6.07) is 4.23. The molecule has 14 heteroatoms. The molecule has 4 rings (SSSR count). The number of carbonyl (C=O) groups is 1. The number of ether oxygens (including phenoxy) is 3. The Kier molecular flexibility index (Phi) is 4.87. The summed E-state index contributed by atoms with van der Waals surface area (Å²) in [4.78, 5) is 28.0. The molecule has 1 unspecified atom stereocenters. The van der Waals surface area contributed by atoms with Gasteiger partial charge in [0, 0.05) is 11.8 Å². The van der Waals surface area contributed by atoms with E-state index in [4.69, 9.17) is 9.84 Å². The predicted molar refractivity (Wildman–Crippen MR) is 91.0 cm³/mol. The Morgan fingerprint density at radius 3 is 2.55 bits per heavy atom. The van der Waals surface area contributed by atoms with Gasteiger partial charge in [-0.3, -0.25) is 9.36 Å². The second kappa shape index (κ2) is 7.18. The van der Waals surface area contributed by atoms with Crippen molar-refractivity contribution in [2.24, 2.45) is 0 Å². The fourth-order valence-corrected chi connectivity index (χ4v) is 3.06. The molecule has 0 spiro atoms. The maximum atomic E-state index is 14.2. The molecule has 1 aromatic carbocycles. The summed E-state index contributed by atoms with van der Waals surface area (Å²) in [6.07, 6.45) is -9.18. The zero-order valence-corrected chi connectivity index (χ0v) is 15.2. The largest absolute Gasteiger partial charge is 0.586 e. The van der Waals surface area contributed by atoms with E-state index < -0.39 is 48.9 Å². The molecule has 2 aromatic rings. The van der Waals surface area contributed by atoms with Crippen LogP contribution in [0.3, 0.4) is 0 Å². The number of rotatable bonds is 4. The average molecular weight is 447 g/mol. The predicted octanol–water partition coefficient (Wildman–Crippen LogP) is 0.703. The highest BCUT2D eigenvalue weighted by Crippen LogP contribution is 2.42. The fourth-order valence-electron chi connectivity index (χ4n) is 3.06. The molecule has 0 saturated carbocycles. The molecule has 2 aliphatic rings. The molecule has 3 N–H and O–H groups in total. The van der Waals surface area contributed by atoms with Crippen LogP contribution in [0.4, 0.5) is 23.4 Å². The lowest BCUT2D eigenvalue weighted by molar-refractivity contribution is -0.286. The van der Waals surface area contributed by atoms with Crippen LogP contribution >= 0.6 is 0 Å². The van der Waals surface area contributed by atoms with E-state index >= 15 is 0 Å². The van der Waals surface area contributed by atoms with Crippen LogP contribution < -0.4 is 20.5 Å². The number of carbonyl (C=O) groups excluding carboxylic acids is 1. The van der Waals surface area contributed by atoms with Crippen LogP contribution in [0.25, 0.3) is 0 Å². The zero-order chi connectivity index (χ0) is 22.6. The van der Waals surface area contributed by atoms with Gasteiger partial charge in [-0.2, -0.15) is 13.8 Å². The summed E-state index contributed by atoms with van der Waals surface area (Å²) < 4.78 is 68.2. The first kappa shape index (κ1) is 21.0. The van der Waals surface area contributed by atoms with Gasteiger partial charge in [0.15, 0.2) is 17.6 Å². The summed E-state index contributed by atoms with van der Waals surface area (Å²) in [5.41, 5.74) is -1.37. The summed E-state index contributed by atoms with van der Waals surface area (Å²) in [7, 11) is 0. The molecule has 0 radical (unpaired) electrons. The second-order valence-electron chi connectivity index (χ2n) is 6.61. The van der Waals surface area contributed by atoms with Crippen molar-refractivity contribution in [2.45, 2.75) is 30.7 Å². The van der Waals surface area contributed by atoms with Gasteiger partial charge in [0.1, 0.15) is 11.9 Å². The SMILES string of the molecule is O=C(Nc1ccn([C@@H]2O[C@H](CO)C(O)C2(F)F)c(=O)n1)c1ccc2c(c1)OC(F)(F)O2. The Balaban J connectivity index is 1.52. The van der Waals surface area contributed by atoms with Crippen molar-refractivity contribution in [3.05, 3.63) is 46.5 Å². The van der Waals surface area contributed by atoms with Gasteiger partial charge in [0.25, 0.3) is 5.91 Å². The lowest BCUT2D eigenvalue weighted by Crippen LogP contribution is -2.41. The molecule has 0 bridgehead atoms. The van der Waals surface area contributed by atoms with Crippen molar-refractivity contribution in [1.82, 2.24) is 9.55 Å². The maximum absolute atomic E-state index is 14.2. The fraction of sp³-hybridized carbons (Fsp3) is 0.353. The van der Waals surface area contributed by atoms with Crippen LogP contribution in [0.5, 0.6) is 11.5 Å². The molecule has 1 saturated heterocycles. The number of nitrogens with one attached hydrogen (secondary N) is 1. The van der Waals surface area contributed by atoms with E-state index in [9.17, 15) is 32.3 Å². The van der Waals surface area contributed by atoms with Gasteiger partial charge in [-0.05, 0) is 24.3 Å². The monoisotopic (exact) mass is 447 g/mol. The number of alkyl halides is 4. The van der Waals surface area contributed by atoms with Gasteiger partial charge >= 0.3 is 17.9 Å². The number of halogens is 4. The Morgan fingerprint density at radius 2 is 1.90 bits per heavy atom. The van der Waals surface area contributed by atoms with Gasteiger partial charge < -0.3 is 29.7 Å². The number of aliphatic hydroxyl groups is 2. The Labute approximate surface area is 169 Å². The number of hydrogen-bond donors (Lipinski definition) is 3. The van der Waals surface area contributed by atoms with E-state index in [1.54, 1.807) is 0 Å². The van der Waals surface area contributed by atoms with E-state index in [1.165, 1.54) is 0 Å². The summed E-state index contributed by atoms with van der Waals surface area (Å²) in [5, 5.41) is 20.8. The molecule has 0 aliphatic carbocycles. The Bertz CT molecular complexity index is 1090.